The average molecular weight is 330 g/mol. The van der Waals surface area contributed by atoms with E-state index in [1.54, 1.807) is 30.0 Å². The topological polar surface area (TPSA) is 57.6 Å². The number of hydrogen-bond acceptors (Lipinski definition) is 2. The minimum absolute atomic E-state index is 0.0718. The largest absolute Gasteiger partial charge is 0.481 e. The molecule has 6 heteroatoms. The van der Waals surface area contributed by atoms with E-state index >= 15 is 0 Å². The number of hydrogen-bond donors (Lipinski definition) is 1. The molecule has 1 fully saturated rings. The Hall–Kier alpha value is -1.26. The highest BCUT2D eigenvalue weighted by atomic mass is 35.5. The van der Waals surface area contributed by atoms with Crippen LogP contribution in [0, 0.1) is 5.41 Å². The summed E-state index contributed by atoms with van der Waals surface area (Å²) in [5, 5.41) is 10.1. The summed E-state index contributed by atoms with van der Waals surface area (Å²) >= 11 is 12.1. The summed E-state index contributed by atoms with van der Waals surface area (Å²) in [5.74, 6) is -0.874. The van der Waals surface area contributed by atoms with Crippen molar-refractivity contribution in [1.29, 1.82) is 0 Å². The number of halogens is 2. The van der Waals surface area contributed by atoms with Crippen molar-refractivity contribution < 1.29 is 14.7 Å². The second-order valence-electron chi connectivity index (χ2n) is 5.62. The van der Waals surface area contributed by atoms with Crippen LogP contribution in [0.1, 0.15) is 25.3 Å². The lowest BCUT2D eigenvalue weighted by Crippen LogP contribution is -2.45. The number of amides is 1. The number of carboxylic acid groups (broad SMARTS) is 1. The Morgan fingerprint density at radius 3 is 2.24 bits per heavy atom. The number of aliphatic carboxylic acids is 1. The Bertz CT molecular complexity index is 546. The maximum Gasteiger partial charge on any atom is 0.309 e. The van der Waals surface area contributed by atoms with Crippen molar-refractivity contribution in [3.05, 3.63) is 33.8 Å². The molecule has 0 radical (unpaired) electrons. The van der Waals surface area contributed by atoms with Crippen LogP contribution in [-0.2, 0) is 16.0 Å². The number of nitrogens with zero attached hydrogens (tertiary/aromatic N) is 1. The molecule has 1 aliphatic rings. The van der Waals surface area contributed by atoms with Crippen LogP contribution in [0.4, 0.5) is 0 Å². The van der Waals surface area contributed by atoms with Gasteiger partial charge in [0.25, 0.3) is 0 Å². The number of carboxylic acids is 1. The quantitative estimate of drug-likeness (QED) is 0.925. The average Bonchev–Trinajstić information content (AvgIpc) is 2.43. The first-order chi connectivity index (χ1) is 9.83. The minimum atomic E-state index is -0.802. The SMILES string of the molecule is CC1(C(=O)O)CCN(C(=O)Cc2c(Cl)cccc2Cl)CC1. The summed E-state index contributed by atoms with van der Waals surface area (Å²) < 4.78 is 0. The molecule has 4 nitrogen and oxygen atoms in total. The van der Waals surface area contributed by atoms with Crippen molar-refractivity contribution in [3.8, 4) is 0 Å². The van der Waals surface area contributed by atoms with Gasteiger partial charge in [0.2, 0.25) is 5.91 Å². The highest BCUT2D eigenvalue weighted by Crippen LogP contribution is 2.32. The number of likely N-dealkylation sites (tertiary alicyclic amines) is 1. The number of benzene rings is 1. The zero-order valence-corrected chi connectivity index (χ0v) is 13.2. The summed E-state index contributed by atoms with van der Waals surface area (Å²) in [5.41, 5.74) is -0.115. The van der Waals surface area contributed by atoms with Crippen molar-refractivity contribution in [1.82, 2.24) is 4.90 Å². The van der Waals surface area contributed by atoms with Crippen molar-refractivity contribution in [2.45, 2.75) is 26.2 Å². The molecule has 0 atom stereocenters. The van der Waals surface area contributed by atoms with Crippen LogP contribution in [0.2, 0.25) is 10.0 Å². The lowest BCUT2D eigenvalue weighted by molar-refractivity contribution is -0.152. The van der Waals surface area contributed by atoms with Crippen LogP contribution >= 0.6 is 23.2 Å². The fraction of sp³-hybridized carbons (Fsp3) is 0.467. The normalized spacial score (nSPS) is 17.6. The van der Waals surface area contributed by atoms with Crippen LogP contribution in [0.25, 0.3) is 0 Å². The van der Waals surface area contributed by atoms with Gasteiger partial charge in [-0.15, -0.1) is 0 Å². The predicted octanol–water partition coefficient (Wildman–Crippen LogP) is 3.25. The molecule has 1 saturated heterocycles. The van der Waals surface area contributed by atoms with Crippen LogP contribution < -0.4 is 0 Å². The summed E-state index contributed by atoms with van der Waals surface area (Å²) in [4.78, 5) is 25.2. The highest BCUT2D eigenvalue weighted by molar-refractivity contribution is 6.36. The van der Waals surface area contributed by atoms with E-state index in [-0.39, 0.29) is 12.3 Å². The molecule has 0 unspecified atom stereocenters. The van der Waals surface area contributed by atoms with E-state index in [0.717, 1.165) is 0 Å². The molecular weight excluding hydrogens is 313 g/mol. The molecule has 1 amide bonds. The summed E-state index contributed by atoms with van der Waals surface area (Å²) in [7, 11) is 0. The Labute approximate surface area is 133 Å². The number of rotatable bonds is 3. The fourth-order valence-electron chi connectivity index (χ4n) is 2.43. The van der Waals surface area contributed by atoms with E-state index in [1.807, 2.05) is 0 Å². The molecule has 0 spiro atoms. The van der Waals surface area contributed by atoms with Gasteiger partial charge in [-0.1, -0.05) is 29.3 Å². The Morgan fingerprint density at radius 1 is 1.24 bits per heavy atom. The standard InChI is InChI=1S/C15H17Cl2NO3/c1-15(14(20)21)5-7-18(8-6-15)13(19)9-10-11(16)3-2-4-12(10)17/h2-4H,5-9H2,1H3,(H,20,21). The zero-order valence-electron chi connectivity index (χ0n) is 11.7. The summed E-state index contributed by atoms with van der Waals surface area (Å²) in [6.07, 6.45) is 1.07. The lowest BCUT2D eigenvalue weighted by Gasteiger charge is -2.36. The van der Waals surface area contributed by atoms with Crippen LogP contribution in [0.15, 0.2) is 18.2 Å². The van der Waals surface area contributed by atoms with E-state index in [9.17, 15) is 14.7 Å². The fourth-order valence-corrected chi connectivity index (χ4v) is 2.96. The van der Waals surface area contributed by atoms with E-state index in [4.69, 9.17) is 23.2 Å². The van der Waals surface area contributed by atoms with Crippen molar-refractivity contribution >= 4 is 35.1 Å². The van der Waals surface area contributed by atoms with Gasteiger partial charge in [-0.05, 0) is 37.5 Å². The van der Waals surface area contributed by atoms with E-state index in [0.29, 0.717) is 41.5 Å². The van der Waals surface area contributed by atoms with Crippen molar-refractivity contribution in [3.63, 3.8) is 0 Å². The lowest BCUT2D eigenvalue weighted by atomic mass is 9.80. The molecule has 0 saturated carbocycles. The minimum Gasteiger partial charge on any atom is -0.481 e. The summed E-state index contributed by atoms with van der Waals surface area (Å²) in [6.45, 7) is 2.62. The maximum absolute atomic E-state index is 12.3. The van der Waals surface area contributed by atoms with E-state index < -0.39 is 11.4 Å². The molecule has 0 aromatic heterocycles. The number of carbonyl (C=O) groups excluding carboxylic acids is 1. The number of carbonyl (C=O) groups is 2. The summed E-state index contributed by atoms with van der Waals surface area (Å²) in [6, 6.07) is 5.14. The molecular formula is C15H17Cl2NO3. The molecule has 0 aliphatic carbocycles. The van der Waals surface area contributed by atoms with Gasteiger partial charge >= 0.3 is 5.97 Å². The molecule has 1 heterocycles. The van der Waals surface area contributed by atoms with Gasteiger partial charge < -0.3 is 10.0 Å². The molecule has 21 heavy (non-hydrogen) atoms. The number of piperidine rings is 1. The third-order valence-electron chi connectivity index (χ3n) is 4.13. The Balaban J connectivity index is 2.02. The molecule has 1 aromatic rings. The van der Waals surface area contributed by atoms with Crippen LogP contribution in [0.5, 0.6) is 0 Å². The molecule has 2 rings (SSSR count). The smallest absolute Gasteiger partial charge is 0.309 e. The third kappa shape index (κ3) is 3.50. The maximum atomic E-state index is 12.3. The van der Waals surface area contributed by atoms with Gasteiger partial charge in [-0.3, -0.25) is 9.59 Å². The van der Waals surface area contributed by atoms with Gasteiger partial charge in [0.15, 0.2) is 0 Å². The molecule has 1 aliphatic heterocycles. The van der Waals surface area contributed by atoms with Crippen LogP contribution in [0.3, 0.4) is 0 Å². The van der Waals surface area contributed by atoms with E-state index in [1.165, 1.54) is 0 Å². The molecule has 1 aromatic carbocycles. The van der Waals surface area contributed by atoms with Gasteiger partial charge in [-0.25, -0.2) is 0 Å². The van der Waals surface area contributed by atoms with Gasteiger partial charge in [0, 0.05) is 23.1 Å². The second-order valence-corrected chi connectivity index (χ2v) is 6.44. The monoisotopic (exact) mass is 329 g/mol. The van der Waals surface area contributed by atoms with Crippen LogP contribution in [-0.4, -0.2) is 35.0 Å². The Morgan fingerprint density at radius 2 is 1.76 bits per heavy atom. The molecule has 1 N–H and O–H groups in total. The van der Waals surface area contributed by atoms with Crippen molar-refractivity contribution in [2.75, 3.05) is 13.1 Å². The molecule has 0 bridgehead atoms. The first kappa shape index (κ1) is 16.1. The van der Waals surface area contributed by atoms with Gasteiger partial charge in [-0.2, -0.15) is 0 Å². The third-order valence-corrected chi connectivity index (χ3v) is 4.83. The predicted molar refractivity (Wildman–Crippen MR) is 81.7 cm³/mol. The highest BCUT2D eigenvalue weighted by Gasteiger charge is 2.38. The first-order valence-corrected chi connectivity index (χ1v) is 7.53. The Kier molecular flexibility index (Phi) is 4.79. The first-order valence-electron chi connectivity index (χ1n) is 6.77. The second kappa shape index (κ2) is 6.24. The van der Waals surface area contributed by atoms with Gasteiger partial charge in [0.1, 0.15) is 0 Å². The zero-order chi connectivity index (χ0) is 15.6. The van der Waals surface area contributed by atoms with E-state index in [2.05, 4.69) is 0 Å². The van der Waals surface area contributed by atoms with Gasteiger partial charge in [0.05, 0.1) is 11.8 Å². The van der Waals surface area contributed by atoms with Crippen molar-refractivity contribution in [2.24, 2.45) is 5.41 Å². The molecule has 114 valence electrons.